The largest absolute Gasteiger partial charge is 0.388 e. The lowest BCUT2D eigenvalue weighted by atomic mass is 9.99. The van der Waals surface area contributed by atoms with Crippen LogP contribution in [0.15, 0.2) is 69.6 Å². The molecule has 0 spiro atoms. The Labute approximate surface area is 140 Å². The van der Waals surface area contributed by atoms with Gasteiger partial charge in [0.1, 0.15) is 0 Å². The van der Waals surface area contributed by atoms with Gasteiger partial charge >= 0.3 is 0 Å². The first kappa shape index (κ1) is 14.8. The monoisotopic (exact) mass is 404 g/mol. The topological polar surface area (TPSA) is 20.2 Å². The lowest BCUT2D eigenvalue weighted by Gasteiger charge is -2.12. The van der Waals surface area contributed by atoms with Crippen LogP contribution in [0.2, 0.25) is 0 Å². The fourth-order valence-electron chi connectivity index (χ4n) is 2.40. The van der Waals surface area contributed by atoms with Crippen molar-refractivity contribution in [3.05, 3.63) is 80.7 Å². The minimum Gasteiger partial charge on any atom is -0.388 e. The number of hydrogen-bond acceptors (Lipinski definition) is 1. The summed E-state index contributed by atoms with van der Waals surface area (Å²) in [5.74, 6) is 0. The van der Waals surface area contributed by atoms with E-state index in [1.807, 2.05) is 36.4 Å². The molecule has 0 aliphatic rings. The normalized spacial score (nSPS) is 12.5. The number of rotatable bonds is 3. The van der Waals surface area contributed by atoms with Gasteiger partial charge in [0.05, 0.1) is 6.10 Å². The number of hydrogen-bond donors (Lipinski definition) is 1. The SMILES string of the molecule is OC(Cc1ccc(Br)cc1)c1ccc2cc(Br)ccc2c1. The van der Waals surface area contributed by atoms with E-state index in [4.69, 9.17) is 0 Å². The van der Waals surface area contributed by atoms with Crippen LogP contribution in [0.25, 0.3) is 10.8 Å². The van der Waals surface area contributed by atoms with Gasteiger partial charge in [-0.1, -0.05) is 62.2 Å². The van der Waals surface area contributed by atoms with Gasteiger partial charge in [0.15, 0.2) is 0 Å². The molecule has 1 atom stereocenters. The van der Waals surface area contributed by atoms with E-state index >= 15 is 0 Å². The van der Waals surface area contributed by atoms with Crippen molar-refractivity contribution in [2.45, 2.75) is 12.5 Å². The summed E-state index contributed by atoms with van der Waals surface area (Å²) in [6.45, 7) is 0. The van der Waals surface area contributed by atoms with Crippen LogP contribution >= 0.6 is 31.9 Å². The lowest BCUT2D eigenvalue weighted by Crippen LogP contribution is -2.01. The lowest BCUT2D eigenvalue weighted by molar-refractivity contribution is 0.178. The minimum absolute atomic E-state index is 0.487. The standard InChI is InChI=1S/C18H14Br2O/c19-16-6-1-12(2-7-16)9-18(21)15-4-3-14-11-17(20)8-5-13(14)10-15/h1-8,10-11,18,21H,9H2. The second-order valence-corrected chi connectivity index (χ2v) is 6.93. The van der Waals surface area contributed by atoms with Crippen LogP contribution in [0, 0.1) is 0 Å². The van der Waals surface area contributed by atoms with E-state index in [-0.39, 0.29) is 0 Å². The van der Waals surface area contributed by atoms with Crippen molar-refractivity contribution >= 4 is 42.6 Å². The maximum atomic E-state index is 10.4. The number of benzene rings is 3. The quantitative estimate of drug-likeness (QED) is 0.597. The predicted molar refractivity (Wildman–Crippen MR) is 94.5 cm³/mol. The summed E-state index contributed by atoms with van der Waals surface area (Å²) in [7, 11) is 0. The molecule has 3 heteroatoms. The van der Waals surface area contributed by atoms with Gasteiger partial charge in [-0.15, -0.1) is 0 Å². The summed E-state index contributed by atoms with van der Waals surface area (Å²) in [6.07, 6.45) is 0.134. The molecule has 0 fully saturated rings. The molecule has 0 bridgehead atoms. The summed E-state index contributed by atoms with van der Waals surface area (Å²) in [5, 5.41) is 12.8. The molecule has 3 aromatic carbocycles. The van der Waals surface area contributed by atoms with E-state index < -0.39 is 6.10 Å². The van der Waals surface area contributed by atoms with Gasteiger partial charge in [-0.2, -0.15) is 0 Å². The van der Waals surface area contributed by atoms with Crippen molar-refractivity contribution in [3.8, 4) is 0 Å². The summed E-state index contributed by atoms with van der Waals surface area (Å²) in [6, 6.07) is 20.4. The molecule has 0 aliphatic heterocycles. The Balaban J connectivity index is 1.85. The van der Waals surface area contributed by atoms with Crippen molar-refractivity contribution in [1.82, 2.24) is 0 Å². The third-order valence-corrected chi connectivity index (χ3v) is 4.58. The second kappa shape index (κ2) is 6.30. The van der Waals surface area contributed by atoms with Crippen LogP contribution < -0.4 is 0 Å². The maximum Gasteiger partial charge on any atom is 0.0830 e. The Morgan fingerprint density at radius 3 is 2.14 bits per heavy atom. The highest BCUT2D eigenvalue weighted by Gasteiger charge is 2.09. The van der Waals surface area contributed by atoms with Gasteiger partial charge < -0.3 is 5.11 Å². The van der Waals surface area contributed by atoms with Crippen LogP contribution in [0.1, 0.15) is 17.2 Å². The Morgan fingerprint density at radius 1 is 0.762 bits per heavy atom. The third kappa shape index (κ3) is 3.54. The van der Waals surface area contributed by atoms with E-state index in [0.29, 0.717) is 6.42 Å². The molecule has 3 aromatic rings. The van der Waals surface area contributed by atoms with E-state index in [9.17, 15) is 5.11 Å². The molecule has 106 valence electrons. The van der Waals surface area contributed by atoms with Crippen LogP contribution in [-0.4, -0.2) is 5.11 Å². The highest BCUT2D eigenvalue weighted by atomic mass is 79.9. The van der Waals surface area contributed by atoms with Gasteiger partial charge in [-0.05, 0) is 52.2 Å². The Kier molecular flexibility index (Phi) is 4.43. The molecule has 3 rings (SSSR count). The second-order valence-electron chi connectivity index (χ2n) is 5.10. The van der Waals surface area contributed by atoms with Crippen LogP contribution in [0.4, 0.5) is 0 Å². The van der Waals surface area contributed by atoms with Gasteiger partial charge in [-0.3, -0.25) is 0 Å². The predicted octanol–water partition coefficient (Wildman–Crippen LogP) is 5.64. The summed E-state index contributed by atoms with van der Waals surface area (Å²) in [4.78, 5) is 0. The smallest absolute Gasteiger partial charge is 0.0830 e. The third-order valence-electron chi connectivity index (χ3n) is 3.55. The molecule has 0 heterocycles. The summed E-state index contributed by atoms with van der Waals surface area (Å²) in [5.41, 5.74) is 2.08. The van der Waals surface area contributed by atoms with Crippen molar-refractivity contribution in [1.29, 1.82) is 0 Å². The Morgan fingerprint density at radius 2 is 1.38 bits per heavy atom. The molecule has 1 N–H and O–H groups in total. The Hall–Kier alpha value is -1.16. The fourth-order valence-corrected chi connectivity index (χ4v) is 3.05. The molecule has 21 heavy (non-hydrogen) atoms. The fraction of sp³-hybridized carbons (Fsp3) is 0.111. The van der Waals surface area contributed by atoms with Crippen LogP contribution in [0.5, 0.6) is 0 Å². The Bertz CT molecular complexity index is 766. The first-order valence-electron chi connectivity index (χ1n) is 6.73. The van der Waals surface area contributed by atoms with Crippen molar-refractivity contribution in [2.24, 2.45) is 0 Å². The molecule has 0 amide bonds. The zero-order valence-corrected chi connectivity index (χ0v) is 14.4. The number of aliphatic hydroxyl groups excluding tert-OH is 1. The molecule has 1 unspecified atom stereocenters. The number of aliphatic hydroxyl groups is 1. The zero-order valence-electron chi connectivity index (χ0n) is 11.3. The van der Waals surface area contributed by atoms with Crippen LogP contribution in [0.3, 0.4) is 0 Å². The molecule has 0 saturated heterocycles. The highest BCUT2D eigenvalue weighted by molar-refractivity contribution is 9.10. The van der Waals surface area contributed by atoms with Crippen molar-refractivity contribution < 1.29 is 5.11 Å². The van der Waals surface area contributed by atoms with Gasteiger partial charge in [0.2, 0.25) is 0 Å². The van der Waals surface area contributed by atoms with Gasteiger partial charge in [-0.25, -0.2) is 0 Å². The zero-order chi connectivity index (χ0) is 14.8. The van der Waals surface area contributed by atoms with Crippen molar-refractivity contribution in [3.63, 3.8) is 0 Å². The molecule has 1 nitrogen and oxygen atoms in total. The first-order valence-corrected chi connectivity index (χ1v) is 8.32. The van der Waals surface area contributed by atoms with Gasteiger partial charge in [0, 0.05) is 15.4 Å². The van der Waals surface area contributed by atoms with E-state index in [0.717, 1.165) is 25.5 Å². The molecular formula is C18H14Br2O. The molecule has 0 aromatic heterocycles. The first-order chi connectivity index (χ1) is 10.1. The van der Waals surface area contributed by atoms with Crippen molar-refractivity contribution in [2.75, 3.05) is 0 Å². The summed E-state index contributed by atoms with van der Waals surface area (Å²) >= 11 is 6.90. The average Bonchev–Trinajstić information content (AvgIpc) is 2.49. The van der Waals surface area contributed by atoms with E-state index in [1.54, 1.807) is 0 Å². The van der Waals surface area contributed by atoms with Crippen LogP contribution in [-0.2, 0) is 6.42 Å². The summed E-state index contributed by atoms with van der Waals surface area (Å²) < 4.78 is 2.12. The molecule has 0 saturated carbocycles. The molecule has 0 aliphatic carbocycles. The minimum atomic E-state index is -0.487. The number of fused-ring (bicyclic) bond motifs is 1. The highest BCUT2D eigenvalue weighted by Crippen LogP contribution is 2.25. The molecular weight excluding hydrogens is 392 g/mol. The van der Waals surface area contributed by atoms with Gasteiger partial charge in [0.25, 0.3) is 0 Å². The van der Waals surface area contributed by atoms with E-state index in [1.165, 1.54) is 5.39 Å². The average molecular weight is 406 g/mol. The van der Waals surface area contributed by atoms with E-state index in [2.05, 4.69) is 56.1 Å². The number of halogens is 2. The molecule has 0 radical (unpaired) electrons. The maximum absolute atomic E-state index is 10.4.